The Morgan fingerprint density at radius 2 is 2.23 bits per heavy atom. The van der Waals surface area contributed by atoms with Gasteiger partial charge in [0.25, 0.3) is 5.56 Å². The van der Waals surface area contributed by atoms with Gasteiger partial charge in [0.2, 0.25) is 0 Å². The van der Waals surface area contributed by atoms with Crippen molar-refractivity contribution < 1.29 is 9.90 Å². The normalized spacial score (nSPS) is 16.6. The molecular weight excluding hydrogens is 348 g/mol. The van der Waals surface area contributed by atoms with Crippen molar-refractivity contribution in [1.82, 2.24) is 9.55 Å². The Hall–Kier alpha value is -2.47. The largest absolute Gasteiger partial charge is 0.478 e. The van der Waals surface area contributed by atoms with Gasteiger partial charge in [-0.25, -0.2) is 9.78 Å². The molecule has 0 radical (unpaired) electrons. The zero-order valence-electron chi connectivity index (χ0n) is 14.8. The highest BCUT2D eigenvalue weighted by Crippen LogP contribution is 2.35. The third-order valence-corrected chi connectivity index (χ3v) is 6.27. The molecule has 0 bridgehead atoms. The number of benzene rings is 1. The molecule has 1 aliphatic carbocycles. The lowest BCUT2D eigenvalue weighted by Crippen LogP contribution is -2.25. The maximum Gasteiger partial charge on any atom is 0.335 e. The summed E-state index contributed by atoms with van der Waals surface area (Å²) in [5.41, 5.74) is 2.17. The van der Waals surface area contributed by atoms with Crippen LogP contribution in [-0.4, -0.2) is 20.6 Å². The van der Waals surface area contributed by atoms with E-state index in [4.69, 9.17) is 0 Å². The second kappa shape index (κ2) is 6.36. The van der Waals surface area contributed by atoms with E-state index in [1.165, 1.54) is 10.4 Å². The molecule has 1 atom stereocenters. The van der Waals surface area contributed by atoms with E-state index in [-0.39, 0.29) is 11.1 Å². The minimum atomic E-state index is -0.967. The van der Waals surface area contributed by atoms with Gasteiger partial charge in [0.05, 0.1) is 17.5 Å². The van der Waals surface area contributed by atoms with Gasteiger partial charge in [-0.3, -0.25) is 9.36 Å². The van der Waals surface area contributed by atoms with Crippen molar-refractivity contribution >= 4 is 27.5 Å². The minimum absolute atomic E-state index is 0.0136. The van der Waals surface area contributed by atoms with E-state index in [1.807, 2.05) is 13.0 Å². The Bertz CT molecular complexity index is 1080. The lowest BCUT2D eigenvalue weighted by atomic mass is 9.89. The molecule has 0 saturated heterocycles. The van der Waals surface area contributed by atoms with Gasteiger partial charge in [0.1, 0.15) is 10.7 Å². The highest BCUT2D eigenvalue weighted by Gasteiger charge is 2.24. The van der Waals surface area contributed by atoms with Crippen molar-refractivity contribution in [2.24, 2.45) is 5.92 Å². The molecule has 0 aliphatic heterocycles. The third-order valence-electron chi connectivity index (χ3n) is 5.12. The minimum Gasteiger partial charge on any atom is -0.478 e. The molecule has 4 rings (SSSR count). The van der Waals surface area contributed by atoms with E-state index in [0.717, 1.165) is 35.0 Å². The van der Waals surface area contributed by atoms with Gasteiger partial charge in [-0.1, -0.05) is 19.1 Å². The summed E-state index contributed by atoms with van der Waals surface area (Å²) >= 11 is 1.65. The van der Waals surface area contributed by atoms with E-state index in [0.29, 0.717) is 18.3 Å². The second-order valence-corrected chi connectivity index (χ2v) is 8.17. The topological polar surface area (TPSA) is 72.2 Å². The summed E-state index contributed by atoms with van der Waals surface area (Å²) in [6.07, 6.45) is 3.06. The number of rotatable bonds is 3. The van der Waals surface area contributed by atoms with Crippen molar-refractivity contribution in [3.05, 3.63) is 62.0 Å². The van der Waals surface area contributed by atoms with Crippen LogP contribution in [-0.2, 0) is 19.4 Å². The second-order valence-electron chi connectivity index (χ2n) is 7.09. The van der Waals surface area contributed by atoms with E-state index in [9.17, 15) is 14.7 Å². The van der Waals surface area contributed by atoms with E-state index < -0.39 is 5.97 Å². The summed E-state index contributed by atoms with van der Waals surface area (Å²) in [6, 6.07) is 6.72. The fourth-order valence-corrected chi connectivity index (χ4v) is 5.12. The summed E-state index contributed by atoms with van der Waals surface area (Å²) < 4.78 is 1.66. The quantitative estimate of drug-likeness (QED) is 0.766. The standard InChI is InChI=1S/C20H20N2O3S/c1-11-6-7-15-16(8-11)26-18-17(15)19(23)22(12(2)21-18)10-13-4-3-5-14(9-13)20(24)25/h3-5,9,11H,6-8,10H2,1-2H3,(H,24,25). The molecule has 1 aromatic carbocycles. The molecule has 0 fully saturated rings. The first-order valence-corrected chi connectivity index (χ1v) is 9.59. The molecule has 3 aromatic rings. The predicted molar refractivity (Wildman–Crippen MR) is 102 cm³/mol. The molecule has 6 heteroatoms. The van der Waals surface area contributed by atoms with Gasteiger partial charge < -0.3 is 5.11 Å². The van der Waals surface area contributed by atoms with Crippen molar-refractivity contribution in [2.75, 3.05) is 0 Å². The lowest BCUT2D eigenvalue weighted by molar-refractivity contribution is 0.0696. The van der Waals surface area contributed by atoms with Crippen LogP contribution in [0, 0.1) is 12.8 Å². The van der Waals surface area contributed by atoms with Crippen LogP contribution in [0.2, 0.25) is 0 Å². The Morgan fingerprint density at radius 3 is 3.00 bits per heavy atom. The van der Waals surface area contributed by atoms with E-state index in [2.05, 4.69) is 11.9 Å². The zero-order chi connectivity index (χ0) is 18.4. The van der Waals surface area contributed by atoms with Crippen LogP contribution < -0.4 is 5.56 Å². The first-order valence-electron chi connectivity index (χ1n) is 8.78. The molecule has 1 aliphatic rings. The number of fused-ring (bicyclic) bond motifs is 3. The number of thiophene rings is 1. The summed E-state index contributed by atoms with van der Waals surface area (Å²) in [4.78, 5) is 31.2. The Labute approximate surface area is 154 Å². The first kappa shape index (κ1) is 17.0. The molecule has 26 heavy (non-hydrogen) atoms. The van der Waals surface area contributed by atoms with E-state index in [1.54, 1.807) is 34.1 Å². The number of nitrogens with zero attached hydrogens (tertiary/aromatic N) is 2. The summed E-state index contributed by atoms with van der Waals surface area (Å²) in [7, 11) is 0. The van der Waals surface area contributed by atoms with Crippen molar-refractivity contribution in [2.45, 2.75) is 39.7 Å². The van der Waals surface area contributed by atoms with Crippen LogP contribution >= 0.6 is 11.3 Å². The third kappa shape index (κ3) is 2.84. The number of carboxylic acids is 1. The number of hydrogen-bond acceptors (Lipinski definition) is 4. The van der Waals surface area contributed by atoms with Crippen molar-refractivity contribution in [3.63, 3.8) is 0 Å². The van der Waals surface area contributed by atoms with Gasteiger partial charge >= 0.3 is 5.97 Å². The average molecular weight is 368 g/mol. The number of carboxylic acid groups (broad SMARTS) is 1. The lowest BCUT2D eigenvalue weighted by Gasteiger charge is -2.17. The van der Waals surface area contributed by atoms with Crippen molar-refractivity contribution in [3.8, 4) is 0 Å². The van der Waals surface area contributed by atoms with E-state index >= 15 is 0 Å². The molecule has 0 saturated carbocycles. The average Bonchev–Trinajstić information content (AvgIpc) is 2.95. The smallest absolute Gasteiger partial charge is 0.335 e. The maximum absolute atomic E-state index is 13.2. The maximum atomic E-state index is 13.2. The summed E-state index contributed by atoms with van der Waals surface area (Å²) in [5.74, 6) is 0.345. The summed E-state index contributed by atoms with van der Waals surface area (Å²) in [5, 5.41) is 9.93. The van der Waals surface area contributed by atoms with Crippen LogP contribution in [0.15, 0.2) is 29.1 Å². The molecule has 2 aromatic heterocycles. The van der Waals surface area contributed by atoms with Gasteiger partial charge in [-0.2, -0.15) is 0 Å². The molecular formula is C20H20N2O3S. The monoisotopic (exact) mass is 368 g/mol. The fraction of sp³-hybridized carbons (Fsp3) is 0.350. The Balaban J connectivity index is 1.82. The number of aromatic carboxylic acids is 1. The first-order chi connectivity index (χ1) is 12.4. The molecule has 1 N–H and O–H groups in total. The van der Waals surface area contributed by atoms with Crippen LogP contribution in [0.4, 0.5) is 0 Å². The van der Waals surface area contributed by atoms with Gasteiger partial charge in [0.15, 0.2) is 0 Å². The zero-order valence-corrected chi connectivity index (χ0v) is 15.6. The summed E-state index contributed by atoms with van der Waals surface area (Å²) in [6.45, 7) is 4.42. The van der Waals surface area contributed by atoms with Crippen LogP contribution in [0.5, 0.6) is 0 Å². The van der Waals surface area contributed by atoms with Crippen LogP contribution in [0.3, 0.4) is 0 Å². The number of aromatic nitrogens is 2. The molecule has 0 amide bonds. The van der Waals surface area contributed by atoms with Crippen LogP contribution in [0.1, 0.15) is 45.5 Å². The number of carbonyl (C=O) groups is 1. The Morgan fingerprint density at radius 1 is 1.42 bits per heavy atom. The SMILES string of the molecule is Cc1nc2sc3c(c2c(=O)n1Cc1cccc(C(=O)O)c1)CCC(C)C3. The van der Waals surface area contributed by atoms with Crippen molar-refractivity contribution in [1.29, 1.82) is 0 Å². The van der Waals surface area contributed by atoms with Gasteiger partial charge in [-0.15, -0.1) is 11.3 Å². The fourth-order valence-electron chi connectivity index (χ4n) is 3.70. The number of aryl methyl sites for hydroxylation is 2. The molecule has 5 nitrogen and oxygen atoms in total. The van der Waals surface area contributed by atoms with Crippen LogP contribution in [0.25, 0.3) is 10.2 Å². The van der Waals surface area contributed by atoms with Gasteiger partial charge in [0, 0.05) is 4.88 Å². The highest BCUT2D eigenvalue weighted by atomic mass is 32.1. The molecule has 1 unspecified atom stereocenters. The predicted octanol–water partition coefficient (Wildman–Crippen LogP) is 3.64. The Kier molecular flexibility index (Phi) is 4.15. The molecule has 134 valence electrons. The molecule has 0 spiro atoms. The van der Waals surface area contributed by atoms with Gasteiger partial charge in [-0.05, 0) is 55.4 Å². The highest BCUT2D eigenvalue weighted by molar-refractivity contribution is 7.18. The number of hydrogen-bond donors (Lipinski definition) is 1. The molecule has 2 heterocycles.